The number of aliphatic hydroxyl groups is 1. The molecule has 5 rings (SSSR count). The Balaban J connectivity index is 0.000000398. The van der Waals surface area contributed by atoms with Gasteiger partial charge in [-0.15, -0.1) is 0 Å². The zero-order chi connectivity index (χ0) is 38.4. The lowest BCUT2D eigenvalue weighted by atomic mass is 9.96. The molecule has 2 aliphatic rings. The molecular weight excluding hydrogens is 708 g/mol. The minimum Gasteiger partial charge on any atom is -0.497 e. The number of benzene rings is 1. The monoisotopic (exact) mass is 748 g/mol. The van der Waals surface area contributed by atoms with E-state index in [2.05, 4.69) is 9.88 Å². The third-order valence-electron chi connectivity index (χ3n) is 8.33. The van der Waals surface area contributed by atoms with Crippen molar-refractivity contribution in [1.29, 1.82) is 0 Å². The zero-order valence-electron chi connectivity index (χ0n) is 28.7. The van der Waals surface area contributed by atoms with Gasteiger partial charge in [0.15, 0.2) is 23.7 Å². The lowest BCUT2D eigenvalue weighted by Gasteiger charge is -2.26. The first-order chi connectivity index (χ1) is 24.5. The van der Waals surface area contributed by atoms with Crippen molar-refractivity contribution in [2.45, 2.75) is 62.4 Å². The highest BCUT2D eigenvalue weighted by atomic mass is 32.2. The van der Waals surface area contributed by atoms with Crippen molar-refractivity contribution in [2.24, 2.45) is 0 Å². The van der Waals surface area contributed by atoms with Gasteiger partial charge in [0.1, 0.15) is 17.3 Å². The van der Waals surface area contributed by atoms with Crippen molar-refractivity contribution in [3.63, 3.8) is 0 Å². The number of likely N-dealkylation sites (tertiary alicyclic amines) is 1. The highest BCUT2D eigenvalue weighted by Crippen LogP contribution is 2.38. The molecule has 0 radical (unpaired) electrons. The topological polar surface area (TPSA) is 252 Å². The Bertz CT molecular complexity index is 1990. The maximum atomic E-state index is 13.3. The lowest BCUT2D eigenvalue weighted by molar-refractivity contribution is -0.170. The number of nitrogens with zero attached hydrogens (tertiary/aromatic N) is 4. The van der Waals surface area contributed by atoms with Crippen LogP contribution in [0.1, 0.15) is 67.8 Å². The van der Waals surface area contributed by atoms with Gasteiger partial charge in [-0.3, -0.25) is 28.5 Å². The third kappa shape index (κ3) is 8.96. The molecule has 18 nitrogen and oxygen atoms in total. The quantitative estimate of drug-likeness (QED) is 0.183. The number of sulfonamides is 1. The van der Waals surface area contributed by atoms with Crippen molar-refractivity contribution in [2.75, 3.05) is 40.1 Å². The number of pyridine rings is 1. The fourth-order valence-corrected chi connectivity index (χ4v) is 7.14. The third-order valence-corrected chi connectivity index (χ3v) is 10.1. The van der Waals surface area contributed by atoms with Crippen molar-refractivity contribution in [1.82, 2.24) is 18.6 Å². The number of piperidine rings is 1. The molecule has 19 heteroatoms. The number of carbonyl (C=O) groups is 4. The molecule has 2 aromatic heterocycles. The highest BCUT2D eigenvalue weighted by Gasteiger charge is 2.44. The summed E-state index contributed by atoms with van der Waals surface area (Å²) in [5, 5.41) is 33.8. The molecule has 0 unspecified atom stereocenters. The van der Waals surface area contributed by atoms with Gasteiger partial charge < -0.3 is 34.6 Å². The second-order valence-corrected chi connectivity index (χ2v) is 14.2. The first kappa shape index (κ1) is 39.5. The van der Waals surface area contributed by atoms with Crippen molar-refractivity contribution in [3.8, 4) is 17.4 Å². The van der Waals surface area contributed by atoms with E-state index in [1.54, 1.807) is 24.4 Å². The number of methoxy groups -OCH3 is 1. The number of rotatable bonds is 14. The van der Waals surface area contributed by atoms with Crippen LogP contribution >= 0.6 is 0 Å². The van der Waals surface area contributed by atoms with E-state index in [9.17, 15) is 32.4 Å². The van der Waals surface area contributed by atoms with E-state index in [4.69, 9.17) is 34.6 Å². The first-order valence-corrected chi connectivity index (χ1v) is 17.6. The van der Waals surface area contributed by atoms with Gasteiger partial charge in [0, 0.05) is 18.8 Å². The molecule has 1 saturated heterocycles. The largest absolute Gasteiger partial charge is 0.497 e. The molecule has 0 atom stereocenters. The predicted molar refractivity (Wildman–Crippen MR) is 180 cm³/mol. The smallest absolute Gasteiger partial charge is 0.336 e. The second kappa shape index (κ2) is 16.4. The van der Waals surface area contributed by atoms with Crippen LogP contribution in [0.25, 0.3) is 5.65 Å². The Morgan fingerprint density at radius 2 is 1.63 bits per heavy atom. The van der Waals surface area contributed by atoms with Gasteiger partial charge in [-0.1, -0.05) is 20.3 Å². The van der Waals surface area contributed by atoms with Crippen LogP contribution < -0.4 is 19.8 Å². The lowest BCUT2D eigenvalue weighted by Crippen LogP contribution is -2.42. The molecule has 282 valence electrons. The van der Waals surface area contributed by atoms with Gasteiger partial charge >= 0.3 is 17.9 Å². The van der Waals surface area contributed by atoms with E-state index in [-0.39, 0.29) is 27.9 Å². The van der Waals surface area contributed by atoms with Crippen LogP contribution in [0.5, 0.6) is 17.4 Å². The maximum absolute atomic E-state index is 13.3. The molecule has 1 amide bonds. The SMILES string of the molecule is COc1cc(C(C)C)c2c(c1)S(=O)(=O)N(COc1cc(=O)n3cccc(OCCN4CCCCC4)c3n1)C2=O.O=C(O)CC(O)(CC(=O)O)C(=O)O. The summed E-state index contributed by atoms with van der Waals surface area (Å²) in [6, 6.07) is 7.56. The van der Waals surface area contributed by atoms with E-state index in [1.807, 2.05) is 13.8 Å². The molecule has 4 N–H and O–H groups in total. The molecule has 4 heterocycles. The van der Waals surface area contributed by atoms with Crippen molar-refractivity contribution >= 4 is 39.5 Å². The number of hydrogen-bond acceptors (Lipinski definition) is 13. The summed E-state index contributed by atoms with van der Waals surface area (Å²) < 4.78 is 45.4. The van der Waals surface area contributed by atoms with Crippen LogP contribution in [0.3, 0.4) is 0 Å². The maximum Gasteiger partial charge on any atom is 0.336 e. The first-order valence-electron chi connectivity index (χ1n) is 16.2. The average molecular weight is 749 g/mol. The predicted octanol–water partition coefficient (Wildman–Crippen LogP) is 1.62. The van der Waals surface area contributed by atoms with Gasteiger partial charge in [-0.05, 0) is 55.6 Å². The molecule has 2 aliphatic heterocycles. The summed E-state index contributed by atoms with van der Waals surface area (Å²) in [6.45, 7) is 6.38. The van der Waals surface area contributed by atoms with Crippen molar-refractivity contribution < 1.29 is 62.2 Å². The Morgan fingerprint density at radius 1 is 0.981 bits per heavy atom. The fraction of sp³-hybridized carbons (Fsp3) is 0.455. The van der Waals surface area contributed by atoms with E-state index < -0.39 is 64.6 Å². The van der Waals surface area contributed by atoms with Crippen LogP contribution in [-0.2, 0) is 24.4 Å². The van der Waals surface area contributed by atoms with E-state index >= 15 is 0 Å². The normalized spacial score (nSPS) is 15.5. The second-order valence-electron chi connectivity index (χ2n) is 12.4. The molecule has 1 aromatic carbocycles. The number of amides is 1. The summed E-state index contributed by atoms with van der Waals surface area (Å²) in [5.41, 5.74) is -2.26. The standard InChI is InChI=1S/C27H32N4O7S.C6H8O7/c1-18(2)20-14-19(36-3)15-22-25(20)27(33)31(39(22,34)35)17-38-23-16-24(32)30-11-7-8-21(26(30)28-23)37-13-12-29-9-5-4-6-10-29;7-3(8)1-6(13,5(11)12)2-4(9)10/h7-8,11,14-16,18H,4-6,9-10,12-13,17H2,1-3H3;13H,1-2H2,(H,7,8)(H,9,10)(H,11,12). The van der Waals surface area contributed by atoms with E-state index in [0.29, 0.717) is 28.0 Å². The molecule has 52 heavy (non-hydrogen) atoms. The van der Waals surface area contributed by atoms with E-state index in [0.717, 1.165) is 25.7 Å². The number of carbonyl (C=O) groups excluding carboxylic acids is 1. The van der Waals surface area contributed by atoms with Gasteiger partial charge in [0.2, 0.25) is 5.88 Å². The number of hydrogen-bond donors (Lipinski definition) is 4. The summed E-state index contributed by atoms with van der Waals surface area (Å²) in [6.07, 6.45) is 2.89. The van der Waals surface area contributed by atoms with Crippen LogP contribution in [0.2, 0.25) is 0 Å². The molecule has 0 aliphatic carbocycles. The van der Waals surface area contributed by atoms with Crippen LogP contribution in [-0.4, -0.2) is 117 Å². The molecule has 0 saturated carbocycles. The molecular formula is C33H40N4O14S. The average Bonchev–Trinajstić information content (AvgIpc) is 3.26. The fourth-order valence-electron chi connectivity index (χ4n) is 5.67. The number of aliphatic carboxylic acids is 3. The van der Waals surface area contributed by atoms with E-state index in [1.165, 1.54) is 36.8 Å². The molecule has 0 spiro atoms. The van der Waals surface area contributed by atoms with Crippen LogP contribution in [0, 0.1) is 0 Å². The molecule has 3 aromatic rings. The summed E-state index contributed by atoms with van der Waals surface area (Å²) in [4.78, 5) is 63.2. The highest BCUT2D eigenvalue weighted by molar-refractivity contribution is 7.90. The van der Waals surface area contributed by atoms with Crippen LogP contribution in [0.4, 0.5) is 0 Å². The van der Waals surface area contributed by atoms with Gasteiger partial charge in [-0.25, -0.2) is 13.2 Å². The Labute approximate surface area is 297 Å². The minimum absolute atomic E-state index is 0.102. The van der Waals surface area contributed by atoms with Gasteiger partial charge in [-0.2, -0.15) is 9.29 Å². The summed E-state index contributed by atoms with van der Waals surface area (Å²) in [5.74, 6) is -5.21. The Kier molecular flexibility index (Phi) is 12.4. The number of fused-ring (bicyclic) bond motifs is 2. The number of ether oxygens (including phenoxy) is 3. The minimum atomic E-state index is -4.20. The van der Waals surface area contributed by atoms with Crippen LogP contribution in [0.15, 0.2) is 46.2 Å². The van der Waals surface area contributed by atoms with Gasteiger partial charge in [0.05, 0.1) is 31.6 Å². The number of carboxylic acid groups (broad SMARTS) is 3. The Morgan fingerprint density at radius 3 is 2.21 bits per heavy atom. The Hall–Kier alpha value is -5.27. The number of carboxylic acids is 3. The summed E-state index contributed by atoms with van der Waals surface area (Å²) in [7, 11) is -2.76. The molecule has 1 fully saturated rings. The van der Waals surface area contributed by atoms with Crippen molar-refractivity contribution in [3.05, 3.63) is 58.0 Å². The zero-order valence-corrected chi connectivity index (χ0v) is 29.5. The molecule has 0 bridgehead atoms. The number of aromatic nitrogens is 2. The summed E-state index contributed by atoms with van der Waals surface area (Å²) >= 11 is 0. The van der Waals surface area contributed by atoms with Gasteiger partial charge in [0.25, 0.3) is 21.5 Å².